The van der Waals surface area contributed by atoms with Gasteiger partial charge in [-0.15, -0.1) is 0 Å². The van der Waals surface area contributed by atoms with Crippen LogP contribution in [0.2, 0.25) is 5.02 Å². The van der Waals surface area contributed by atoms with Gasteiger partial charge in [0.1, 0.15) is 11.6 Å². The summed E-state index contributed by atoms with van der Waals surface area (Å²) in [6, 6.07) is 21.8. The molecule has 8 heteroatoms. The Morgan fingerprint density at radius 1 is 0.974 bits per heavy atom. The number of amides is 2. The summed E-state index contributed by atoms with van der Waals surface area (Å²) < 4.78 is 19.5. The molecule has 204 valence electrons. The van der Waals surface area contributed by atoms with E-state index in [1.165, 1.54) is 12.1 Å². The fraction of sp³-hybridized carbons (Fsp3) is 0.355. The van der Waals surface area contributed by atoms with Crippen LogP contribution in [0.3, 0.4) is 0 Å². The molecule has 3 aromatic carbocycles. The maximum absolute atomic E-state index is 14.3. The van der Waals surface area contributed by atoms with Crippen molar-refractivity contribution in [3.63, 3.8) is 0 Å². The zero-order valence-electron chi connectivity index (χ0n) is 22.0. The lowest BCUT2D eigenvalue weighted by atomic mass is 10.0. The van der Waals surface area contributed by atoms with Crippen LogP contribution in [0.1, 0.15) is 33.9 Å². The van der Waals surface area contributed by atoms with E-state index < -0.39 is 5.82 Å². The predicted octanol–water partition coefficient (Wildman–Crippen LogP) is 4.98. The van der Waals surface area contributed by atoms with Crippen LogP contribution in [-0.4, -0.2) is 61.4 Å². The minimum absolute atomic E-state index is 0.0201. The molecule has 3 atom stereocenters. The molecule has 1 N–H and O–H groups in total. The average Bonchev–Trinajstić information content (AvgIpc) is 3.51. The predicted molar refractivity (Wildman–Crippen MR) is 149 cm³/mol. The molecule has 0 aliphatic carbocycles. The summed E-state index contributed by atoms with van der Waals surface area (Å²) in [7, 11) is 1.62. The number of carbonyl (C=O) groups excluding carboxylic acids is 2. The highest BCUT2D eigenvalue weighted by atomic mass is 35.5. The third kappa shape index (κ3) is 6.43. The Bertz CT molecular complexity index is 1270. The standard InChI is InChI=1S/C31H33ClFN3O3/c1-39-25-12-10-21(11-13-25)16-29(37)34-28(22-6-3-2-4-7-22)14-15-35-17-23-19-36(20-24(23)18-35)31(38)30-26(32)8-5-9-27(30)33/h2-13,23-24,28H,14-20H2,1H3,(H,34,37). The van der Waals surface area contributed by atoms with E-state index in [4.69, 9.17) is 16.3 Å². The second-order valence-electron chi connectivity index (χ2n) is 10.4. The molecule has 3 aromatic rings. The Kier molecular flexibility index (Phi) is 8.48. The van der Waals surface area contributed by atoms with Crippen molar-refractivity contribution in [2.24, 2.45) is 11.8 Å². The van der Waals surface area contributed by atoms with Gasteiger partial charge in [-0.3, -0.25) is 9.59 Å². The third-order valence-corrected chi connectivity index (χ3v) is 8.14. The summed E-state index contributed by atoms with van der Waals surface area (Å²) in [6.07, 6.45) is 1.09. The topological polar surface area (TPSA) is 61.9 Å². The summed E-state index contributed by atoms with van der Waals surface area (Å²) in [5.74, 6) is 0.530. The molecule has 2 amide bonds. The molecular formula is C31H33ClFN3O3. The lowest BCUT2D eigenvalue weighted by Crippen LogP contribution is -2.36. The quantitative estimate of drug-likeness (QED) is 0.409. The number of halogens is 2. The van der Waals surface area contributed by atoms with Gasteiger partial charge in [-0.05, 0) is 53.6 Å². The second kappa shape index (κ2) is 12.2. The van der Waals surface area contributed by atoms with Gasteiger partial charge in [-0.1, -0.05) is 60.1 Å². The minimum Gasteiger partial charge on any atom is -0.497 e. The molecule has 2 heterocycles. The largest absolute Gasteiger partial charge is 0.497 e. The lowest BCUT2D eigenvalue weighted by molar-refractivity contribution is -0.121. The summed E-state index contributed by atoms with van der Waals surface area (Å²) in [4.78, 5) is 30.1. The first kappa shape index (κ1) is 27.2. The molecule has 2 aliphatic rings. The van der Waals surface area contributed by atoms with Crippen LogP contribution < -0.4 is 10.1 Å². The fourth-order valence-electron chi connectivity index (χ4n) is 5.79. The van der Waals surface area contributed by atoms with E-state index in [-0.39, 0.29) is 28.4 Å². The number of ether oxygens (including phenoxy) is 1. The number of carbonyl (C=O) groups is 2. The van der Waals surface area contributed by atoms with Crippen molar-refractivity contribution in [1.29, 1.82) is 0 Å². The van der Waals surface area contributed by atoms with Gasteiger partial charge in [0.05, 0.1) is 30.2 Å². The molecule has 2 aliphatic heterocycles. The SMILES string of the molecule is COc1ccc(CC(=O)NC(CCN2CC3CN(C(=O)c4c(F)cccc4Cl)CC3C2)c2ccccc2)cc1. The van der Waals surface area contributed by atoms with Crippen LogP contribution >= 0.6 is 11.6 Å². The Hall–Kier alpha value is -3.42. The van der Waals surface area contributed by atoms with E-state index in [2.05, 4.69) is 10.2 Å². The van der Waals surface area contributed by atoms with E-state index in [0.717, 1.165) is 42.9 Å². The molecule has 0 saturated carbocycles. The number of fused-ring (bicyclic) bond motifs is 1. The Balaban J connectivity index is 1.16. The summed E-state index contributed by atoms with van der Waals surface area (Å²) in [6.45, 7) is 3.79. The van der Waals surface area contributed by atoms with E-state index in [9.17, 15) is 14.0 Å². The fourth-order valence-corrected chi connectivity index (χ4v) is 6.04. The number of benzene rings is 3. The van der Waals surface area contributed by atoms with Crippen LogP contribution in [0.25, 0.3) is 0 Å². The molecule has 6 nitrogen and oxygen atoms in total. The van der Waals surface area contributed by atoms with Gasteiger partial charge in [0.15, 0.2) is 0 Å². The zero-order chi connectivity index (χ0) is 27.4. The van der Waals surface area contributed by atoms with E-state index >= 15 is 0 Å². The van der Waals surface area contributed by atoms with Gasteiger partial charge in [0.25, 0.3) is 5.91 Å². The molecular weight excluding hydrogens is 517 g/mol. The number of hydrogen-bond acceptors (Lipinski definition) is 4. The maximum atomic E-state index is 14.3. The number of rotatable bonds is 9. The van der Waals surface area contributed by atoms with Crippen molar-refractivity contribution in [2.45, 2.75) is 18.9 Å². The maximum Gasteiger partial charge on any atom is 0.258 e. The molecule has 5 rings (SSSR count). The van der Waals surface area contributed by atoms with Crippen LogP contribution in [0.4, 0.5) is 4.39 Å². The first-order valence-electron chi connectivity index (χ1n) is 13.3. The third-order valence-electron chi connectivity index (χ3n) is 7.82. The monoisotopic (exact) mass is 549 g/mol. The molecule has 0 aromatic heterocycles. The van der Waals surface area contributed by atoms with E-state index in [1.807, 2.05) is 54.6 Å². The average molecular weight is 550 g/mol. The molecule has 0 spiro atoms. The molecule has 2 fully saturated rings. The number of nitrogens with one attached hydrogen (secondary N) is 1. The molecule has 2 saturated heterocycles. The number of methoxy groups -OCH3 is 1. The highest BCUT2D eigenvalue weighted by Crippen LogP contribution is 2.33. The minimum atomic E-state index is -0.577. The first-order chi connectivity index (χ1) is 18.9. The lowest BCUT2D eigenvalue weighted by Gasteiger charge is -2.25. The highest BCUT2D eigenvalue weighted by Gasteiger charge is 2.42. The van der Waals surface area contributed by atoms with Crippen LogP contribution in [0.15, 0.2) is 72.8 Å². The summed E-state index contributed by atoms with van der Waals surface area (Å²) in [5.41, 5.74) is 1.98. The van der Waals surface area contributed by atoms with Gasteiger partial charge < -0.3 is 19.9 Å². The van der Waals surface area contributed by atoms with Gasteiger partial charge in [0, 0.05) is 32.7 Å². The molecule has 0 bridgehead atoms. The normalized spacial score (nSPS) is 19.5. The number of hydrogen-bond donors (Lipinski definition) is 1. The van der Waals surface area contributed by atoms with Crippen LogP contribution in [0.5, 0.6) is 5.75 Å². The molecule has 39 heavy (non-hydrogen) atoms. The second-order valence-corrected chi connectivity index (χ2v) is 10.8. The van der Waals surface area contributed by atoms with Crippen molar-refractivity contribution in [3.8, 4) is 5.75 Å². The van der Waals surface area contributed by atoms with Crippen molar-refractivity contribution < 1.29 is 18.7 Å². The van der Waals surface area contributed by atoms with E-state index in [1.54, 1.807) is 18.1 Å². The van der Waals surface area contributed by atoms with Gasteiger partial charge in [-0.25, -0.2) is 4.39 Å². The molecule has 0 radical (unpaired) electrons. The van der Waals surface area contributed by atoms with Crippen molar-refractivity contribution >= 4 is 23.4 Å². The number of nitrogens with zero attached hydrogens (tertiary/aromatic N) is 2. The smallest absolute Gasteiger partial charge is 0.258 e. The van der Waals surface area contributed by atoms with Crippen LogP contribution in [0, 0.1) is 17.7 Å². The van der Waals surface area contributed by atoms with Gasteiger partial charge in [-0.2, -0.15) is 0 Å². The summed E-state index contributed by atoms with van der Waals surface area (Å²) >= 11 is 6.13. The van der Waals surface area contributed by atoms with Crippen molar-refractivity contribution in [3.05, 3.63) is 100 Å². The van der Waals surface area contributed by atoms with Gasteiger partial charge >= 0.3 is 0 Å². The van der Waals surface area contributed by atoms with E-state index in [0.29, 0.717) is 31.3 Å². The first-order valence-corrected chi connectivity index (χ1v) is 13.7. The van der Waals surface area contributed by atoms with Crippen LogP contribution in [-0.2, 0) is 11.2 Å². The number of likely N-dealkylation sites (tertiary alicyclic amines) is 2. The Labute approximate surface area is 233 Å². The summed E-state index contributed by atoms with van der Waals surface area (Å²) in [5, 5.41) is 3.39. The van der Waals surface area contributed by atoms with Crippen molar-refractivity contribution in [1.82, 2.24) is 15.1 Å². The van der Waals surface area contributed by atoms with Gasteiger partial charge in [0.2, 0.25) is 5.91 Å². The Morgan fingerprint density at radius 3 is 2.31 bits per heavy atom. The Morgan fingerprint density at radius 2 is 1.67 bits per heavy atom. The zero-order valence-corrected chi connectivity index (χ0v) is 22.7. The van der Waals surface area contributed by atoms with Crippen molar-refractivity contribution in [2.75, 3.05) is 39.8 Å². The highest BCUT2D eigenvalue weighted by molar-refractivity contribution is 6.33. The molecule has 3 unspecified atom stereocenters.